The van der Waals surface area contributed by atoms with Gasteiger partial charge in [-0.25, -0.2) is 0 Å². The molecule has 2 heterocycles. The van der Waals surface area contributed by atoms with Gasteiger partial charge in [-0.15, -0.1) is 0 Å². The Morgan fingerprint density at radius 3 is 2.23 bits per heavy atom. The molecule has 22 heavy (non-hydrogen) atoms. The van der Waals surface area contributed by atoms with Crippen LogP contribution in [0.25, 0.3) is 0 Å². The summed E-state index contributed by atoms with van der Waals surface area (Å²) >= 11 is 0. The molecule has 1 aliphatic rings. The van der Waals surface area contributed by atoms with Crippen molar-refractivity contribution < 1.29 is 9.05 Å². The van der Waals surface area contributed by atoms with Gasteiger partial charge in [-0.05, 0) is 25.7 Å². The summed E-state index contributed by atoms with van der Waals surface area (Å²) in [6.45, 7) is 4.18. The van der Waals surface area contributed by atoms with E-state index in [4.69, 9.17) is 15.5 Å². The Bertz CT molecular complexity index is 635. The second-order valence-corrected chi connectivity index (χ2v) is 5.63. The van der Waals surface area contributed by atoms with Crippen molar-refractivity contribution in [3.63, 3.8) is 0 Å². The lowest BCUT2D eigenvalue weighted by molar-refractivity contribution is 0.350. The summed E-state index contributed by atoms with van der Waals surface area (Å²) < 4.78 is 9.82. The first-order chi connectivity index (χ1) is 10.6. The number of nitrogens with two attached hydrogens (primary N) is 1. The minimum absolute atomic E-state index is 0.168. The van der Waals surface area contributed by atoms with E-state index in [-0.39, 0.29) is 5.54 Å². The number of hydrogen-bond donors (Lipinski definition) is 1. The second-order valence-electron chi connectivity index (χ2n) is 5.63. The smallest absolute Gasteiger partial charge is 0.236 e. The molecule has 0 unspecified atom stereocenters. The average Bonchev–Trinajstić information content (AvgIpc) is 2.95. The maximum atomic E-state index is 8.34. The number of aryl methyl sites for hydroxylation is 2. The Kier molecular flexibility index (Phi) is 5.34. The number of rotatable bonds is 5. The maximum absolute atomic E-state index is 8.34. The van der Waals surface area contributed by atoms with Crippen molar-refractivity contribution in [2.24, 2.45) is 5.73 Å². The van der Waals surface area contributed by atoms with Crippen molar-refractivity contribution in [1.82, 2.24) is 10.3 Å². The first-order valence-electron chi connectivity index (χ1n) is 7.72. The van der Waals surface area contributed by atoms with Crippen LogP contribution in [0, 0.1) is 11.3 Å². The summed E-state index contributed by atoms with van der Waals surface area (Å²) in [7, 11) is 0. The predicted molar refractivity (Wildman–Crippen MR) is 80.8 cm³/mol. The SMILES string of the molecule is CCCc1cc(C#N)on1.CCCc1cc(C2(N)CC2)on1. The van der Waals surface area contributed by atoms with Gasteiger partial charge in [0, 0.05) is 12.1 Å². The largest absolute Gasteiger partial charge is 0.359 e. The van der Waals surface area contributed by atoms with E-state index in [1.807, 2.05) is 12.1 Å². The van der Waals surface area contributed by atoms with Gasteiger partial charge in [-0.2, -0.15) is 5.26 Å². The maximum Gasteiger partial charge on any atom is 0.236 e. The van der Waals surface area contributed by atoms with Crippen LogP contribution in [0.5, 0.6) is 0 Å². The van der Waals surface area contributed by atoms with E-state index >= 15 is 0 Å². The van der Waals surface area contributed by atoms with Crippen LogP contribution in [0.1, 0.15) is 62.4 Å². The summed E-state index contributed by atoms with van der Waals surface area (Å²) in [5, 5.41) is 16.0. The molecular weight excluding hydrogens is 280 g/mol. The third-order valence-corrected chi connectivity index (χ3v) is 3.52. The van der Waals surface area contributed by atoms with Crippen molar-refractivity contribution in [3.8, 4) is 6.07 Å². The summed E-state index contributed by atoms with van der Waals surface area (Å²) in [6, 6.07) is 5.54. The van der Waals surface area contributed by atoms with Crippen LogP contribution < -0.4 is 5.73 Å². The zero-order valence-electron chi connectivity index (χ0n) is 13.1. The van der Waals surface area contributed by atoms with Crippen LogP contribution in [0.4, 0.5) is 0 Å². The lowest BCUT2D eigenvalue weighted by Gasteiger charge is -1.99. The minimum atomic E-state index is -0.168. The Balaban J connectivity index is 0.000000164. The quantitative estimate of drug-likeness (QED) is 0.910. The molecule has 2 aromatic rings. The Hall–Kier alpha value is -2.13. The molecule has 1 aliphatic carbocycles. The van der Waals surface area contributed by atoms with Gasteiger partial charge < -0.3 is 14.8 Å². The molecule has 0 bridgehead atoms. The molecule has 0 spiro atoms. The normalized spacial score (nSPS) is 14.8. The highest BCUT2D eigenvalue weighted by Gasteiger charge is 2.43. The molecule has 1 saturated carbocycles. The standard InChI is InChI=1S/C9H14N2O.C7H8N2O/c1-2-3-7-6-8(12-11-7)9(10)4-5-9;1-2-3-6-4-7(5-8)10-9-6/h6H,2-5,10H2,1H3;4H,2-3H2,1H3. The van der Waals surface area contributed by atoms with Gasteiger partial charge in [-0.1, -0.05) is 37.0 Å². The molecule has 6 nitrogen and oxygen atoms in total. The fourth-order valence-corrected chi connectivity index (χ4v) is 2.04. The van der Waals surface area contributed by atoms with E-state index in [9.17, 15) is 0 Å². The van der Waals surface area contributed by atoms with Gasteiger partial charge in [0.2, 0.25) is 5.76 Å². The van der Waals surface area contributed by atoms with Crippen LogP contribution in [-0.4, -0.2) is 10.3 Å². The van der Waals surface area contributed by atoms with Gasteiger partial charge >= 0.3 is 0 Å². The average molecular weight is 302 g/mol. The number of aromatic nitrogens is 2. The predicted octanol–water partition coefficient (Wildman–Crippen LogP) is 3.07. The summed E-state index contributed by atoms with van der Waals surface area (Å²) in [5.41, 5.74) is 7.67. The lowest BCUT2D eigenvalue weighted by atomic mass is 10.2. The second kappa shape index (κ2) is 7.23. The summed E-state index contributed by atoms with van der Waals surface area (Å²) in [4.78, 5) is 0. The van der Waals surface area contributed by atoms with Crippen molar-refractivity contribution in [2.75, 3.05) is 0 Å². The van der Waals surface area contributed by atoms with Crippen LogP contribution in [0.2, 0.25) is 0 Å². The lowest BCUT2D eigenvalue weighted by Crippen LogP contribution is -2.17. The summed E-state index contributed by atoms with van der Waals surface area (Å²) in [6.07, 6.45) is 6.06. The van der Waals surface area contributed by atoms with Gasteiger partial charge in [0.25, 0.3) is 0 Å². The van der Waals surface area contributed by atoms with Crippen LogP contribution in [0.3, 0.4) is 0 Å². The third kappa shape index (κ3) is 4.18. The van der Waals surface area contributed by atoms with Crippen molar-refractivity contribution in [1.29, 1.82) is 5.26 Å². The number of hydrogen-bond acceptors (Lipinski definition) is 6. The van der Waals surface area contributed by atoms with E-state index < -0.39 is 0 Å². The fourth-order valence-electron chi connectivity index (χ4n) is 2.04. The monoisotopic (exact) mass is 302 g/mol. The first-order valence-corrected chi connectivity index (χ1v) is 7.72. The number of nitrogens with zero attached hydrogens (tertiary/aromatic N) is 3. The molecule has 0 atom stereocenters. The zero-order chi connectivity index (χ0) is 16.0. The molecule has 0 aromatic carbocycles. The van der Waals surface area contributed by atoms with Crippen LogP contribution in [0.15, 0.2) is 21.2 Å². The highest BCUT2D eigenvalue weighted by Crippen LogP contribution is 2.42. The summed E-state index contributed by atoms with van der Waals surface area (Å²) in [5.74, 6) is 1.16. The van der Waals surface area contributed by atoms with Crippen LogP contribution >= 0.6 is 0 Å². The van der Waals surface area contributed by atoms with Gasteiger partial charge in [0.1, 0.15) is 6.07 Å². The molecule has 0 radical (unpaired) electrons. The number of nitriles is 1. The molecule has 0 saturated heterocycles. The van der Waals surface area contributed by atoms with E-state index in [0.29, 0.717) is 5.76 Å². The minimum Gasteiger partial charge on any atom is -0.359 e. The fraction of sp³-hybridized carbons (Fsp3) is 0.562. The first kappa shape index (κ1) is 16.2. The van der Waals surface area contributed by atoms with E-state index in [2.05, 4.69) is 28.7 Å². The zero-order valence-corrected chi connectivity index (χ0v) is 13.1. The molecular formula is C16H22N4O2. The Morgan fingerprint density at radius 1 is 1.14 bits per heavy atom. The van der Waals surface area contributed by atoms with Gasteiger partial charge in [0.05, 0.1) is 16.9 Å². The molecule has 6 heteroatoms. The molecule has 2 aromatic heterocycles. The van der Waals surface area contributed by atoms with Gasteiger partial charge in [0.15, 0.2) is 5.76 Å². The van der Waals surface area contributed by atoms with Crippen molar-refractivity contribution >= 4 is 0 Å². The highest BCUT2D eigenvalue weighted by atomic mass is 16.5. The Morgan fingerprint density at radius 2 is 1.73 bits per heavy atom. The van der Waals surface area contributed by atoms with Crippen molar-refractivity contribution in [3.05, 3.63) is 35.0 Å². The molecule has 2 N–H and O–H groups in total. The molecule has 0 aliphatic heterocycles. The topological polar surface area (TPSA) is 102 Å². The molecule has 0 amide bonds. The van der Waals surface area contributed by atoms with E-state index in [1.165, 1.54) is 0 Å². The van der Waals surface area contributed by atoms with Crippen molar-refractivity contribution in [2.45, 2.75) is 57.9 Å². The Labute approximate surface area is 130 Å². The highest BCUT2D eigenvalue weighted by molar-refractivity contribution is 5.21. The van der Waals surface area contributed by atoms with Crippen LogP contribution in [-0.2, 0) is 18.4 Å². The van der Waals surface area contributed by atoms with Gasteiger partial charge in [-0.3, -0.25) is 0 Å². The van der Waals surface area contributed by atoms with E-state index in [0.717, 1.165) is 55.7 Å². The molecule has 1 fully saturated rings. The molecule has 118 valence electrons. The van der Waals surface area contributed by atoms with E-state index in [1.54, 1.807) is 6.07 Å². The third-order valence-electron chi connectivity index (χ3n) is 3.52. The molecule has 3 rings (SSSR count).